The largest absolute Gasteiger partial charge is 0.393 e. The summed E-state index contributed by atoms with van der Waals surface area (Å²) in [6.45, 7) is 6.05. The third kappa shape index (κ3) is 5.11. The van der Waals surface area contributed by atoms with Gasteiger partial charge in [0, 0.05) is 22.6 Å². The quantitative estimate of drug-likeness (QED) is 0.507. The van der Waals surface area contributed by atoms with Crippen molar-refractivity contribution in [1.82, 2.24) is 10.6 Å². The van der Waals surface area contributed by atoms with Gasteiger partial charge in [0.2, 0.25) is 11.8 Å². The number of aliphatic hydroxyl groups excluding tert-OH is 1. The number of fused-ring (bicyclic) bond motifs is 3. The van der Waals surface area contributed by atoms with Crippen molar-refractivity contribution >= 4 is 23.2 Å². The smallest absolute Gasteiger partial charge is 0.223 e. The molecule has 7 nitrogen and oxygen atoms in total. The van der Waals surface area contributed by atoms with E-state index >= 15 is 0 Å². The van der Waals surface area contributed by atoms with Crippen LogP contribution < -0.4 is 10.6 Å². The van der Waals surface area contributed by atoms with Crippen LogP contribution in [0.1, 0.15) is 76.5 Å². The molecular weight excluding hydrogens is 476 g/mol. The van der Waals surface area contributed by atoms with Crippen LogP contribution in [0.4, 0.5) is 0 Å². The highest BCUT2D eigenvalue weighted by atomic mass is 32.1. The fourth-order valence-electron chi connectivity index (χ4n) is 7.78. The van der Waals surface area contributed by atoms with Crippen molar-refractivity contribution in [3.05, 3.63) is 22.4 Å². The first-order valence-electron chi connectivity index (χ1n) is 13.8. The average Bonchev–Trinajstić information content (AvgIpc) is 3.58. The molecule has 0 radical (unpaired) electrons. The number of carbonyl (C=O) groups excluding carboxylic acids is 2. The Bertz CT molecular complexity index is 919. The van der Waals surface area contributed by atoms with Gasteiger partial charge in [-0.15, -0.1) is 11.3 Å². The SMILES string of the molecule is CC12COC(CNC(=O)C3CCCC3)OC1CCC1(C)C(CC(=O)NCc3cccs3)C(O)CCC21. The van der Waals surface area contributed by atoms with Gasteiger partial charge in [-0.05, 0) is 67.2 Å². The predicted molar refractivity (Wildman–Crippen MR) is 138 cm³/mol. The Morgan fingerprint density at radius 1 is 1.11 bits per heavy atom. The fraction of sp³-hybridized carbons (Fsp3) is 0.786. The molecule has 3 saturated carbocycles. The van der Waals surface area contributed by atoms with Gasteiger partial charge in [0.1, 0.15) is 0 Å². The van der Waals surface area contributed by atoms with E-state index in [-0.39, 0.29) is 40.6 Å². The second-order valence-electron chi connectivity index (χ2n) is 12.0. The molecule has 0 bridgehead atoms. The lowest BCUT2D eigenvalue weighted by Crippen LogP contribution is -2.63. The van der Waals surface area contributed by atoms with Crippen molar-refractivity contribution in [2.45, 2.75) is 96.7 Å². The summed E-state index contributed by atoms with van der Waals surface area (Å²) in [5, 5.41) is 19.2. The van der Waals surface area contributed by atoms with E-state index in [9.17, 15) is 14.7 Å². The number of rotatable bonds is 7. The van der Waals surface area contributed by atoms with Crippen molar-refractivity contribution in [2.75, 3.05) is 13.2 Å². The molecule has 36 heavy (non-hydrogen) atoms. The summed E-state index contributed by atoms with van der Waals surface area (Å²) in [7, 11) is 0. The highest BCUT2D eigenvalue weighted by Gasteiger charge is 2.61. The third-order valence-corrected chi connectivity index (χ3v) is 10.7. The maximum Gasteiger partial charge on any atom is 0.223 e. The van der Waals surface area contributed by atoms with E-state index in [4.69, 9.17) is 9.47 Å². The van der Waals surface area contributed by atoms with Gasteiger partial charge < -0.3 is 25.2 Å². The molecule has 5 rings (SSSR count). The number of hydrogen-bond donors (Lipinski definition) is 3. The number of ether oxygens (including phenoxy) is 2. The lowest BCUT2D eigenvalue weighted by molar-refractivity contribution is -0.306. The second-order valence-corrected chi connectivity index (χ2v) is 13.0. The summed E-state index contributed by atoms with van der Waals surface area (Å²) in [5.74, 6) is 0.501. The number of nitrogens with one attached hydrogen (secondary N) is 2. The van der Waals surface area contributed by atoms with Crippen molar-refractivity contribution in [3.63, 3.8) is 0 Å². The summed E-state index contributed by atoms with van der Waals surface area (Å²) in [6.07, 6.45) is 7.17. The van der Waals surface area contributed by atoms with E-state index in [2.05, 4.69) is 24.5 Å². The molecule has 7 unspecified atom stereocenters. The van der Waals surface area contributed by atoms with Crippen LogP contribution in [-0.2, 0) is 25.6 Å². The Hall–Kier alpha value is -1.48. The van der Waals surface area contributed by atoms with Crippen LogP contribution in [0.3, 0.4) is 0 Å². The summed E-state index contributed by atoms with van der Waals surface area (Å²) < 4.78 is 12.6. The molecule has 7 atom stereocenters. The molecule has 0 aromatic carbocycles. The van der Waals surface area contributed by atoms with Crippen LogP contribution in [0, 0.1) is 28.6 Å². The van der Waals surface area contributed by atoms with Crippen LogP contribution in [0.15, 0.2) is 17.5 Å². The van der Waals surface area contributed by atoms with E-state index in [1.165, 1.54) is 0 Å². The maximum absolute atomic E-state index is 12.9. The van der Waals surface area contributed by atoms with Crippen LogP contribution in [0.25, 0.3) is 0 Å². The van der Waals surface area contributed by atoms with E-state index in [0.29, 0.717) is 38.5 Å². The average molecular weight is 519 g/mol. The molecule has 3 aliphatic carbocycles. The first-order chi connectivity index (χ1) is 17.3. The Labute approximate surface area is 218 Å². The van der Waals surface area contributed by atoms with Crippen LogP contribution in [-0.4, -0.2) is 48.6 Å². The molecule has 4 aliphatic rings. The number of amides is 2. The Morgan fingerprint density at radius 3 is 2.67 bits per heavy atom. The highest BCUT2D eigenvalue weighted by molar-refractivity contribution is 7.09. The molecule has 200 valence electrons. The highest BCUT2D eigenvalue weighted by Crippen LogP contribution is 2.62. The Balaban J connectivity index is 1.20. The van der Waals surface area contributed by atoms with Crippen molar-refractivity contribution in [2.24, 2.45) is 28.6 Å². The van der Waals surface area contributed by atoms with Gasteiger partial charge in [-0.25, -0.2) is 0 Å². The van der Waals surface area contributed by atoms with Crippen molar-refractivity contribution in [3.8, 4) is 0 Å². The molecule has 1 aliphatic heterocycles. The standard InChI is InChI=1S/C28H42N2O5S/c1-27-12-11-23-28(2,17-34-25(35-23)16-30-26(33)18-6-3-4-7-18)22(27)10-9-21(31)20(27)14-24(32)29-15-19-8-5-13-36-19/h5,8,13,18,20-23,25,31H,3-4,6-7,9-12,14-17H2,1-2H3,(H,29,32)(H,30,33). The van der Waals surface area contributed by atoms with Crippen LogP contribution in [0.5, 0.6) is 0 Å². The minimum Gasteiger partial charge on any atom is -0.393 e. The van der Waals surface area contributed by atoms with E-state index < -0.39 is 12.4 Å². The zero-order chi connectivity index (χ0) is 25.3. The monoisotopic (exact) mass is 518 g/mol. The van der Waals surface area contributed by atoms with E-state index in [0.717, 1.165) is 49.8 Å². The number of thiophene rings is 1. The molecule has 1 aromatic heterocycles. The molecule has 1 aromatic rings. The molecule has 1 saturated heterocycles. The van der Waals surface area contributed by atoms with Gasteiger partial charge in [0.15, 0.2) is 6.29 Å². The van der Waals surface area contributed by atoms with Gasteiger partial charge in [0.25, 0.3) is 0 Å². The summed E-state index contributed by atoms with van der Waals surface area (Å²) in [4.78, 5) is 26.5. The van der Waals surface area contributed by atoms with E-state index in [1.807, 2.05) is 17.5 Å². The maximum atomic E-state index is 12.9. The molecule has 8 heteroatoms. The first-order valence-corrected chi connectivity index (χ1v) is 14.7. The molecular formula is C28H42N2O5S. The molecule has 3 N–H and O–H groups in total. The summed E-state index contributed by atoms with van der Waals surface area (Å²) in [5.41, 5.74) is -0.329. The van der Waals surface area contributed by atoms with Gasteiger partial charge >= 0.3 is 0 Å². The number of carbonyl (C=O) groups is 2. The Morgan fingerprint density at radius 2 is 1.92 bits per heavy atom. The van der Waals surface area contributed by atoms with Gasteiger partial charge in [0.05, 0.1) is 31.9 Å². The lowest BCUT2D eigenvalue weighted by Gasteiger charge is -2.63. The van der Waals surface area contributed by atoms with Crippen molar-refractivity contribution < 1.29 is 24.2 Å². The zero-order valence-electron chi connectivity index (χ0n) is 21.7. The van der Waals surface area contributed by atoms with E-state index in [1.54, 1.807) is 11.3 Å². The minimum absolute atomic E-state index is 0.0100. The molecule has 4 fully saturated rings. The second kappa shape index (κ2) is 10.7. The fourth-order valence-corrected chi connectivity index (χ4v) is 8.42. The predicted octanol–water partition coefficient (Wildman–Crippen LogP) is 4.00. The minimum atomic E-state index is -0.470. The number of hydrogen-bond acceptors (Lipinski definition) is 6. The molecule has 2 heterocycles. The van der Waals surface area contributed by atoms with Crippen molar-refractivity contribution in [1.29, 1.82) is 0 Å². The molecule has 0 spiro atoms. The Kier molecular flexibility index (Phi) is 7.78. The van der Waals surface area contributed by atoms with Gasteiger partial charge in [-0.1, -0.05) is 32.8 Å². The third-order valence-electron chi connectivity index (χ3n) is 9.85. The topological polar surface area (TPSA) is 96.9 Å². The van der Waals surface area contributed by atoms with Crippen LogP contribution >= 0.6 is 11.3 Å². The number of aliphatic hydroxyl groups is 1. The zero-order valence-corrected chi connectivity index (χ0v) is 22.5. The summed E-state index contributed by atoms with van der Waals surface area (Å²) in [6, 6.07) is 4.01. The van der Waals surface area contributed by atoms with Gasteiger partial charge in [-0.3, -0.25) is 9.59 Å². The first kappa shape index (κ1) is 26.1. The lowest BCUT2D eigenvalue weighted by atomic mass is 9.46. The molecule has 2 amide bonds. The summed E-state index contributed by atoms with van der Waals surface area (Å²) >= 11 is 1.64. The normalized spacial score (nSPS) is 38.7. The van der Waals surface area contributed by atoms with Crippen LogP contribution in [0.2, 0.25) is 0 Å². The van der Waals surface area contributed by atoms with Gasteiger partial charge in [-0.2, -0.15) is 0 Å².